The fourth-order valence-corrected chi connectivity index (χ4v) is 14.6. The second kappa shape index (κ2) is 88.6. The van der Waals surface area contributed by atoms with E-state index in [1.807, 2.05) is 21.1 Å². The van der Waals surface area contributed by atoms with E-state index in [1.54, 1.807) is 0 Å². The Morgan fingerprint density at radius 1 is 0.290 bits per heavy atom. The van der Waals surface area contributed by atoms with E-state index in [0.717, 1.165) is 70.6 Å². The number of likely N-dealkylation sites (N-methyl/N-ethyl adjacent to an activating group) is 1. The molecule has 9 heteroatoms. The van der Waals surface area contributed by atoms with Crippen molar-refractivity contribution in [1.82, 2.24) is 0 Å². The largest absolute Gasteiger partial charge is 0.477 e. The maximum Gasteiger partial charge on any atom is 0.361 e. The molecule has 9 nitrogen and oxygen atoms in total. The Morgan fingerprint density at radius 2 is 0.533 bits per heavy atom. The summed E-state index contributed by atoms with van der Waals surface area (Å²) in [5.41, 5.74) is 0. The number of carbonyl (C=O) groups is 3. The lowest BCUT2D eigenvalue weighted by atomic mass is 10.0. The third kappa shape index (κ3) is 90.1. The first-order valence-electron chi connectivity index (χ1n) is 47.5. The number of carboxylic acids is 1. The van der Waals surface area contributed by atoms with Crippen LogP contribution in [0.5, 0.6) is 0 Å². The van der Waals surface area contributed by atoms with Gasteiger partial charge in [0.2, 0.25) is 0 Å². The lowest BCUT2D eigenvalue weighted by molar-refractivity contribution is -0.870. The number of carbonyl (C=O) groups excluding carboxylic acids is 2. The minimum Gasteiger partial charge on any atom is -0.477 e. The van der Waals surface area contributed by atoms with Crippen LogP contribution in [0, 0.1) is 0 Å². The average molecular weight is 1500 g/mol. The predicted octanol–water partition coefficient (Wildman–Crippen LogP) is 31.3. The number of quaternary nitrogens is 1. The third-order valence-corrected chi connectivity index (χ3v) is 21.8. The van der Waals surface area contributed by atoms with Crippen molar-refractivity contribution in [2.24, 2.45) is 0 Å². The molecule has 0 aromatic heterocycles. The first kappa shape index (κ1) is 104. The van der Waals surface area contributed by atoms with E-state index in [1.165, 1.54) is 392 Å². The molecule has 628 valence electrons. The van der Waals surface area contributed by atoms with Gasteiger partial charge in [-0.1, -0.05) is 479 Å². The number of nitrogens with zero attached hydrogens (tertiary/aromatic N) is 1. The van der Waals surface area contributed by atoms with Gasteiger partial charge in [-0.25, -0.2) is 4.79 Å². The first-order valence-corrected chi connectivity index (χ1v) is 47.5. The molecule has 0 aliphatic heterocycles. The van der Waals surface area contributed by atoms with Crippen LogP contribution in [0.15, 0.2) is 60.8 Å². The van der Waals surface area contributed by atoms with E-state index in [9.17, 15) is 19.5 Å². The molecule has 107 heavy (non-hydrogen) atoms. The second-order valence-corrected chi connectivity index (χ2v) is 33.7. The van der Waals surface area contributed by atoms with Crippen molar-refractivity contribution in [3.05, 3.63) is 60.8 Å². The molecule has 0 spiro atoms. The summed E-state index contributed by atoms with van der Waals surface area (Å²) in [6.07, 6.45) is 117. The van der Waals surface area contributed by atoms with Crippen LogP contribution in [-0.4, -0.2) is 87.4 Å². The summed E-state index contributed by atoms with van der Waals surface area (Å²) >= 11 is 0. The highest BCUT2D eigenvalue weighted by atomic mass is 16.7. The number of ether oxygens (including phenoxy) is 4. The molecular formula is C98H184NO8+. The van der Waals surface area contributed by atoms with E-state index >= 15 is 0 Å². The Bertz CT molecular complexity index is 1950. The monoisotopic (exact) mass is 1500 g/mol. The number of unbranched alkanes of at least 4 members (excludes halogenated alkanes) is 65. The Morgan fingerprint density at radius 3 is 0.794 bits per heavy atom. The zero-order valence-corrected chi connectivity index (χ0v) is 72.3. The highest BCUT2D eigenvalue weighted by Gasteiger charge is 2.25. The molecule has 0 saturated carbocycles. The number of hydrogen-bond donors (Lipinski definition) is 1. The van der Waals surface area contributed by atoms with Crippen molar-refractivity contribution in [2.45, 2.75) is 501 Å². The molecule has 0 fully saturated rings. The van der Waals surface area contributed by atoms with Crippen LogP contribution in [0.1, 0.15) is 489 Å². The topological polar surface area (TPSA) is 108 Å². The molecule has 0 aliphatic carbocycles. The molecule has 0 aromatic carbocycles. The molecule has 0 heterocycles. The van der Waals surface area contributed by atoms with Crippen molar-refractivity contribution >= 4 is 17.9 Å². The van der Waals surface area contributed by atoms with Gasteiger partial charge in [0, 0.05) is 12.8 Å². The summed E-state index contributed by atoms with van der Waals surface area (Å²) in [6, 6.07) is 0. The molecule has 0 saturated heterocycles. The van der Waals surface area contributed by atoms with Crippen LogP contribution in [0.4, 0.5) is 0 Å². The van der Waals surface area contributed by atoms with Crippen molar-refractivity contribution in [3.8, 4) is 0 Å². The van der Waals surface area contributed by atoms with E-state index in [2.05, 4.69) is 74.6 Å². The van der Waals surface area contributed by atoms with Gasteiger partial charge in [0.25, 0.3) is 6.29 Å². The molecule has 0 rings (SSSR count). The van der Waals surface area contributed by atoms with Crippen LogP contribution >= 0.6 is 0 Å². The van der Waals surface area contributed by atoms with Crippen LogP contribution in [0.25, 0.3) is 0 Å². The summed E-state index contributed by atoms with van der Waals surface area (Å²) in [6.45, 7) is 4.85. The zero-order valence-electron chi connectivity index (χ0n) is 72.3. The minimum atomic E-state index is -1.51. The number of allylic oxidation sites excluding steroid dienone is 10. The maximum atomic E-state index is 13.0. The fourth-order valence-electron chi connectivity index (χ4n) is 14.6. The molecule has 2 unspecified atom stereocenters. The molecule has 0 amide bonds. The summed E-state index contributed by atoms with van der Waals surface area (Å²) in [7, 11) is 6.01. The van der Waals surface area contributed by atoms with E-state index in [-0.39, 0.29) is 38.2 Å². The Hall–Kier alpha value is -3.01. The number of rotatable bonds is 90. The molecular weight excluding hydrogens is 1320 g/mol. The predicted molar refractivity (Wildman–Crippen MR) is 466 cm³/mol. The van der Waals surface area contributed by atoms with Crippen LogP contribution < -0.4 is 0 Å². The molecule has 2 atom stereocenters. The number of esters is 2. The van der Waals surface area contributed by atoms with Crippen molar-refractivity contribution in [3.63, 3.8) is 0 Å². The van der Waals surface area contributed by atoms with Crippen molar-refractivity contribution in [2.75, 3.05) is 47.5 Å². The number of aliphatic carboxylic acids is 1. The third-order valence-electron chi connectivity index (χ3n) is 21.8. The number of carboxylic acid groups (broad SMARTS) is 1. The van der Waals surface area contributed by atoms with Gasteiger partial charge >= 0.3 is 17.9 Å². The smallest absolute Gasteiger partial charge is 0.361 e. The highest BCUT2D eigenvalue weighted by molar-refractivity contribution is 5.71. The second-order valence-electron chi connectivity index (χ2n) is 33.7. The highest BCUT2D eigenvalue weighted by Crippen LogP contribution is 2.22. The van der Waals surface area contributed by atoms with E-state index in [4.69, 9.17) is 18.9 Å². The Balaban J connectivity index is 3.86. The first-order chi connectivity index (χ1) is 52.6. The van der Waals surface area contributed by atoms with Gasteiger partial charge in [-0.2, -0.15) is 0 Å². The average Bonchev–Trinajstić information content (AvgIpc) is 0.965. The summed E-state index contributed by atoms with van der Waals surface area (Å²) in [4.78, 5) is 37.9. The molecule has 0 radical (unpaired) electrons. The van der Waals surface area contributed by atoms with Gasteiger partial charge < -0.3 is 28.5 Å². The van der Waals surface area contributed by atoms with E-state index < -0.39 is 18.4 Å². The van der Waals surface area contributed by atoms with Crippen LogP contribution in [0.3, 0.4) is 0 Å². The fraction of sp³-hybridized carbons (Fsp3) is 0.867. The lowest BCUT2D eigenvalue weighted by Crippen LogP contribution is -2.40. The maximum absolute atomic E-state index is 13.0. The van der Waals surface area contributed by atoms with E-state index in [0.29, 0.717) is 17.4 Å². The lowest BCUT2D eigenvalue weighted by Gasteiger charge is -2.25. The SMILES string of the molecule is CC/C=C\C/C=C\C/C=C\C/C=C\C/C=C\CCCCCCCCCCCCCCCCCCCCCCCCCCCC(=O)OC(COC(=O)CCCCCCCCCCCCCCCCCCCCCCCCCCCCCCCCCCCCCCCCCCC)COC(OCC[N+](C)(C)C)C(=O)O. The van der Waals surface area contributed by atoms with Gasteiger partial charge in [-0.3, -0.25) is 9.59 Å². The number of hydrogen-bond acceptors (Lipinski definition) is 7. The van der Waals surface area contributed by atoms with Gasteiger partial charge in [-0.05, 0) is 57.8 Å². The summed E-state index contributed by atoms with van der Waals surface area (Å²) in [5, 5.41) is 9.80. The normalized spacial score (nSPS) is 12.8. The van der Waals surface area contributed by atoms with Gasteiger partial charge in [-0.15, -0.1) is 0 Å². The van der Waals surface area contributed by atoms with Gasteiger partial charge in [0.15, 0.2) is 6.10 Å². The van der Waals surface area contributed by atoms with Crippen LogP contribution in [-0.2, 0) is 33.3 Å². The molecule has 0 bridgehead atoms. The summed E-state index contributed by atoms with van der Waals surface area (Å²) in [5.74, 6) is -1.97. The quantitative estimate of drug-likeness (QED) is 0.0211. The molecule has 1 N–H and O–H groups in total. The minimum absolute atomic E-state index is 0.175. The van der Waals surface area contributed by atoms with Crippen molar-refractivity contribution < 1.29 is 42.9 Å². The Kier molecular flexibility index (Phi) is 86.1. The van der Waals surface area contributed by atoms with Crippen LogP contribution in [0.2, 0.25) is 0 Å². The van der Waals surface area contributed by atoms with Gasteiger partial charge in [0.05, 0.1) is 34.4 Å². The standard InChI is InChI=1S/C98H183NO8/c1-6-8-10-12-14-16-18-20-22-24-26-28-30-32-34-36-38-40-42-44-46-48-50-52-54-56-58-60-62-64-66-68-70-72-74-76-78-80-82-84-86-88-95(100)105-92-94(93-106-98(97(102)103)104-91-90-99(3,4)5)107-96(101)89-87-85-83-81-79-77-75-73-71-69-67-65-63-61-59-57-55-53-51-49-47-45-43-41-39-37-35-33-31-29-27-25-23-21-19-17-15-13-11-9-7-2/h9,11,15,17,21,23,27,29,33,35,94,98H,6-8,10,12-14,16,18-20,22,24-26,28,30-32,34,36-93H2,1-5H3/p+1/b11-9-,17-15-,23-21-,29-27-,35-33-. The zero-order chi connectivity index (χ0) is 77.4. The molecule has 0 aromatic rings. The summed E-state index contributed by atoms with van der Waals surface area (Å²) < 4.78 is 23.1. The Labute approximate surface area is 666 Å². The molecule has 0 aliphatic rings. The van der Waals surface area contributed by atoms with Gasteiger partial charge in [0.1, 0.15) is 13.2 Å². The van der Waals surface area contributed by atoms with Crippen molar-refractivity contribution in [1.29, 1.82) is 0 Å².